The predicted octanol–water partition coefficient (Wildman–Crippen LogP) is 2.25. The zero-order valence-corrected chi connectivity index (χ0v) is 15.0. The number of amides is 1. The monoisotopic (exact) mass is 355 g/mol. The number of hydrogen-bond acceptors (Lipinski definition) is 4. The zero-order chi connectivity index (χ0) is 18.7. The lowest BCUT2D eigenvalue weighted by Crippen LogP contribution is -2.21. The van der Waals surface area contributed by atoms with Crippen molar-refractivity contribution in [2.24, 2.45) is 7.05 Å². The van der Waals surface area contributed by atoms with E-state index in [2.05, 4.69) is 9.88 Å². The van der Waals surface area contributed by atoms with E-state index in [1.165, 1.54) is 19.4 Å². The van der Waals surface area contributed by atoms with E-state index in [4.69, 9.17) is 9.47 Å². The summed E-state index contributed by atoms with van der Waals surface area (Å²) in [5.74, 6) is -0.161. The van der Waals surface area contributed by atoms with Gasteiger partial charge in [0.25, 0.3) is 5.91 Å². The maximum absolute atomic E-state index is 12.7. The second kappa shape index (κ2) is 7.45. The number of carbonyl (C=O) groups is 1. The van der Waals surface area contributed by atoms with Gasteiger partial charge in [0.1, 0.15) is 5.69 Å². The molecule has 0 bridgehead atoms. The molecule has 0 saturated carbocycles. The molecule has 7 nitrogen and oxygen atoms in total. The molecule has 26 heavy (non-hydrogen) atoms. The van der Waals surface area contributed by atoms with Crippen molar-refractivity contribution < 1.29 is 14.3 Å². The molecule has 0 atom stereocenters. The van der Waals surface area contributed by atoms with Gasteiger partial charge in [0.05, 0.1) is 31.1 Å². The second-order valence-corrected chi connectivity index (χ2v) is 5.90. The van der Waals surface area contributed by atoms with Crippen LogP contribution in [0.15, 0.2) is 47.5 Å². The number of fused-ring (bicyclic) bond motifs is 1. The van der Waals surface area contributed by atoms with Gasteiger partial charge in [-0.25, -0.2) is 0 Å². The number of nitrogens with zero attached hydrogens (tertiary/aromatic N) is 2. The maximum atomic E-state index is 12.7. The van der Waals surface area contributed by atoms with Crippen LogP contribution >= 0.6 is 0 Å². The van der Waals surface area contributed by atoms with E-state index in [1.807, 2.05) is 30.5 Å². The Morgan fingerprint density at radius 2 is 2.04 bits per heavy atom. The molecular weight excluding hydrogens is 334 g/mol. The highest BCUT2D eigenvalue weighted by Gasteiger charge is 2.14. The van der Waals surface area contributed by atoms with E-state index < -0.39 is 0 Å². The number of rotatable bonds is 6. The van der Waals surface area contributed by atoms with Crippen molar-refractivity contribution in [1.82, 2.24) is 9.13 Å². The van der Waals surface area contributed by atoms with Gasteiger partial charge < -0.3 is 23.9 Å². The smallest absolute Gasteiger partial charge is 0.272 e. The average molecular weight is 355 g/mol. The third kappa shape index (κ3) is 3.34. The normalized spacial score (nSPS) is 10.9. The lowest BCUT2D eigenvalue weighted by atomic mass is 10.2. The second-order valence-electron chi connectivity index (χ2n) is 5.90. The van der Waals surface area contributed by atoms with Crippen molar-refractivity contribution in [3.05, 3.63) is 58.6 Å². The number of carbonyl (C=O) groups excluding carboxylic acids is 1. The molecule has 0 spiro atoms. The molecule has 0 saturated heterocycles. The molecule has 0 aliphatic heterocycles. The van der Waals surface area contributed by atoms with Crippen LogP contribution in [0.3, 0.4) is 0 Å². The number of hydrogen-bond donors (Lipinski definition) is 1. The van der Waals surface area contributed by atoms with Crippen molar-refractivity contribution in [2.75, 3.05) is 26.1 Å². The van der Waals surface area contributed by atoms with Crippen LogP contribution in [-0.4, -0.2) is 35.9 Å². The first kappa shape index (κ1) is 17.8. The summed E-state index contributed by atoms with van der Waals surface area (Å²) in [4.78, 5) is 24.6. The van der Waals surface area contributed by atoms with Gasteiger partial charge in [-0.3, -0.25) is 9.59 Å². The minimum Gasteiger partial charge on any atom is -0.491 e. The molecule has 0 fully saturated rings. The Labute approximate surface area is 150 Å². The van der Waals surface area contributed by atoms with Crippen molar-refractivity contribution in [2.45, 2.75) is 6.54 Å². The molecule has 3 rings (SSSR count). The van der Waals surface area contributed by atoms with Gasteiger partial charge >= 0.3 is 0 Å². The molecule has 1 amide bonds. The van der Waals surface area contributed by atoms with Crippen LogP contribution in [0.4, 0.5) is 5.69 Å². The summed E-state index contributed by atoms with van der Waals surface area (Å²) in [6.07, 6.45) is 3.46. The standard InChI is InChI=1S/C19H21N3O4/c1-21-12-18(26-3)17(23)11-16(21)19(24)20-14-5-4-6-15-13(14)7-8-22(15)9-10-25-2/h4-8,11-12H,9-10H2,1-3H3,(H,20,24). The number of benzene rings is 1. The topological polar surface area (TPSA) is 74.5 Å². The molecule has 1 N–H and O–H groups in total. The van der Waals surface area contributed by atoms with Crippen LogP contribution in [0.2, 0.25) is 0 Å². The first-order valence-electron chi connectivity index (χ1n) is 8.18. The Balaban J connectivity index is 1.92. The van der Waals surface area contributed by atoms with Crippen molar-refractivity contribution >= 4 is 22.5 Å². The number of methoxy groups -OCH3 is 2. The molecular formula is C19H21N3O4. The first-order chi connectivity index (χ1) is 12.5. The van der Waals surface area contributed by atoms with E-state index >= 15 is 0 Å². The van der Waals surface area contributed by atoms with Gasteiger partial charge in [0, 0.05) is 38.4 Å². The molecule has 2 aromatic heterocycles. The third-order valence-electron chi connectivity index (χ3n) is 4.25. The van der Waals surface area contributed by atoms with Crippen molar-refractivity contribution in [3.63, 3.8) is 0 Å². The largest absolute Gasteiger partial charge is 0.491 e. The van der Waals surface area contributed by atoms with Crippen molar-refractivity contribution in [3.8, 4) is 5.75 Å². The summed E-state index contributed by atoms with van der Waals surface area (Å²) in [6, 6.07) is 8.94. The summed E-state index contributed by atoms with van der Waals surface area (Å²) in [5, 5.41) is 3.82. The van der Waals surface area contributed by atoms with Gasteiger partial charge in [-0.05, 0) is 18.2 Å². The molecule has 3 aromatic rings. The number of aromatic nitrogens is 2. The van der Waals surface area contributed by atoms with E-state index in [-0.39, 0.29) is 22.8 Å². The van der Waals surface area contributed by atoms with Crippen LogP contribution in [0.5, 0.6) is 5.75 Å². The lowest BCUT2D eigenvalue weighted by Gasteiger charge is -2.12. The van der Waals surface area contributed by atoms with E-state index in [0.29, 0.717) is 12.3 Å². The Bertz CT molecular complexity index is 1000. The van der Waals surface area contributed by atoms with Gasteiger partial charge in [0.15, 0.2) is 5.75 Å². The molecule has 136 valence electrons. The van der Waals surface area contributed by atoms with E-state index in [0.717, 1.165) is 17.4 Å². The summed E-state index contributed by atoms with van der Waals surface area (Å²) < 4.78 is 13.8. The van der Waals surface area contributed by atoms with Crippen LogP contribution in [0.1, 0.15) is 10.5 Å². The molecule has 0 unspecified atom stereocenters. The first-order valence-corrected chi connectivity index (χ1v) is 8.18. The Kier molecular flexibility index (Phi) is 5.09. The van der Waals surface area contributed by atoms with Crippen LogP contribution in [0, 0.1) is 0 Å². The summed E-state index contributed by atoms with van der Waals surface area (Å²) in [6.45, 7) is 1.33. The number of aryl methyl sites for hydroxylation is 1. The average Bonchev–Trinajstić information content (AvgIpc) is 3.05. The highest BCUT2D eigenvalue weighted by molar-refractivity contribution is 6.08. The Morgan fingerprint density at radius 1 is 1.23 bits per heavy atom. The Hall–Kier alpha value is -3.06. The summed E-state index contributed by atoms with van der Waals surface area (Å²) in [7, 11) is 4.78. The van der Waals surface area contributed by atoms with E-state index in [9.17, 15) is 9.59 Å². The van der Waals surface area contributed by atoms with E-state index in [1.54, 1.807) is 18.7 Å². The quantitative estimate of drug-likeness (QED) is 0.736. The minimum atomic E-state index is -0.357. The molecule has 2 heterocycles. The van der Waals surface area contributed by atoms with Gasteiger partial charge in [-0.2, -0.15) is 0 Å². The fourth-order valence-electron chi connectivity index (χ4n) is 2.89. The highest BCUT2D eigenvalue weighted by Crippen LogP contribution is 2.25. The van der Waals surface area contributed by atoms with Gasteiger partial charge in [0.2, 0.25) is 5.43 Å². The summed E-state index contributed by atoms with van der Waals surface area (Å²) >= 11 is 0. The highest BCUT2D eigenvalue weighted by atomic mass is 16.5. The maximum Gasteiger partial charge on any atom is 0.272 e. The fraction of sp³-hybridized carbons (Fsp3) is 0.263. The third-order valence-corrected chi connectivity index (χ3v) is 4.25. The number of pyridine rings is 1. The number of anilines is 1. The van der Waals surface area contributed by atoms with Crippen LogP contribution in [0.25, 0.3) is 10.9 Å². The molecule has 0 aliphatic rings. The van der Waals surface area contributed by atoms with Gasteiger partial charge in [-0.1, -0.05) is 6.07 Å². The minimum absolute atomic E-state index is 0.196. The van der Waals surface area contributed by atoms with Crippen molar-refractivity contribution in [1.29, 1.82) is 0 Å². The molecule has 0 radical (unpaired) electrons. The lowest BCUT2D eigenvalue weighted by molar-refractivity contribution is 0.101. The molecule has 7 heteroatoms. The summed E-state index contributed by atoms with van der Waals surface area (Å²) in [5.41, 5.74) is 1.61. The molecule has 1 aromatic carbocycles. The van der Waals surface area contributed by atoms with Crippen LogP contribution in [-0.2, 0) is 18.3 Å². The Morgan fingerprint density at radius 3 is 2.77 bits per heavy atom. The predicted molar refractivity (Wildman–Crippen MR) is 100 cm³/mol. The van der Waals surface area contributed by atoms with Gasteiger partial charge in [-0.15, -0.1) is 0 Å². The van der Waals surface area contributed by atoms with Crippen LogP contribution < -0.4 is 15.5 Å². The number of nitrogens with one attached hydrogen (secondary N) is 1. The number of ether oxygens (including phenoxy) is 2. The zero-order valence-electron chi connectivity index (χ0n) is 15.0. The fourth-order valence-corrected chi connectivity index (χ4v) is 2.89. The SMILES string of the molecule is COCCn1ccc2c(NC(=O)c3cc(=O)c(OC)cn3C)cccc21. The molecule has 0 aliphatic carbocycles.